The second-order valence-electron chi connectivity index (χ2n) is 9.07. The van der Waals surface area contributed by atoms with Gasteiger partial charge < -0.3 is 14.7 Å². The van der Waals surface area contributed by atoms with Gasteiger partial charge in [0.25, 0.3) is 11.8 Å². The van der Waals surface area contributed by atoms with Gasteiger partial charge in [-0.1, -0.05) is 36.4 Å². The molecule has 2 N–H and O–H groups in total. The Morgan fingerprint density at radius 1 is 0.677 bits per heavy atom. The molecule has 5 nitrogen and oxygen atoms in total. The van der Waals surface area contributed by atoms with Crippen molar-refractivity contribution in [2.75, 3.05) is 13.1 Å². The Hall–Kier alpha value is -2.23. The zero-order valence-corrected chi connectivity index (χ0v) is 21.2. The maximum atomic E-state index is 12.1. The van der Waals surface area contributed by atoms with Crippen LogP contribution in [0.2, 0.25) is 38.3 Å². The zero-order valence-electron chi connectivity index (χ0n) is 19.2. The number of amides is 2. The van der Waals surface area contributed by atoms with E-state index in [0.29, 0.717) is 24.2 Å². The molecular weight excluding hydrogens is 420 g/mol. The molecule has 0 saturated heterocycles. The Morgan fingerprint density at radius 3 is 1.39 bits per heavy atom. The highest BCUT2D eigenvalue weighted by Crippen LogP contribution is 2.23. The molecule has 168 valence electrons. The van der Waals surface area contributed by atoms with Gasteiger partial charge in [0.05, 0.1) is 0 Å². The zero-order chi connectivity index (χ0) is 22.7. The summed E-state index contributed by atoms with van der Waals surface area (Å²) in [6.07, 6.45) is 1.85. The van der Waals surface area contributed by atoms with Crippen LogP contribution < -0.4 is 10.6 Å². The Labute approximate surface area is 188 Å². The van der Waals surface area contributed by atoms with Crippen LogP contribution in [0.25, 0.3) is 0 Å². The number of hydrogen-bond acceptors (Lipinski definition) is 3. The van der Waals surface area contributed by atoms with E-state index in [9.17, 15) is 9.59 Å². The molecule has 0 radical (unpaired) electrons. The first-order chi connectivity index (χ1) is 14.7. The van der Waals surface area contributed by atoms with Crippen LogP contribution in [0.3, 0.4) is 0 Å². The van der Waals surface area contributed by atoms with Gasteiger partial charge in [-0.3, -0.25) is 9.59 Å². The smallest absolute Gasteiger partial charge is 0.251 e. The van der Waals surface area contributed by atoms with Crippen LogP contribution in [-0.2, 0) is 4.12 Å². The molecule has 0 aliphatic rings. The lowest BCUT2D eigenvalue weighted by atomic mass is 10.2. The molecule has 2 rings (SSSR count). The third kappa shape index (κ3) is 9.63. The van der Waals surface area contributed by atoms with Gasteiger partial charge in [0.1, 0.15) is 0 Å². The van der Waals surface area contributed by atoms with E-state index in [2.05, 4.69) is 36.8 Å². The molecule has 0 heterocycles. The summed E-state index contributed by atoms with van der Waals surface area (Å²) in [6, 6.07) is 20.7. The summed E-state index contributed by atoms with van der Waals surface area (Å²) < 4.78 is 6.66. The van der Waals surface area contributed by atoms with Crippen LogP contribution in [0.4, 0.5) is 0 Å². The van der Waals surface area contributed by atoms with E-state index < -0.39 is 16.6 Å². The molecule has 0 atom stereocenters. The Balaban J connectivity index is 1.65. The number of hydrogen-bond donors (Lipinski definition) is 2. The van der Waals surface area contributed by atoms with Crippen molar-refractivity contribution >= 4 is 28.4 Å². The maximum Gasteiger partial charge on any atom is 0.251 e. The minimum atomic E-state index is -1.80. The summed E-state index contributed by atoms with van der Waals surface area (Å²) >= 11 is 0. The topological polar surface area (TPSA) is 67.4 Å². The van der Waals surface area contributed by atoms with Crippen molar-refractivity contribution in [1.29, 1.82) is 0 Å². The van der Waals surface area contributed by atoms with Crippen molar-refractivity contribution < 1.29 is 13.7 Å². The fourth-order valence-corrected chi connectivity index (χ4v) is 12.5. The van der Waals surface area contributed by atoms with Gasteiger partial charge in [-0.15, -0.1) is 0 Å². The highest BCUT2D eigenvalue weighted by Gasteiger charge is 2.32. The van der Waals surface area contributed by atoms with Gasteiger partial charge in [-0.25, -0.2) is 0 Å². The lowest BCUT2D eigenvalue weighted by molar-refractivity contribution is 0.0945. The first kappa shape index (κ1) is 25.0. The van der Waals surface area contributed by atoms with E-state index >= 15 is 0 Å². The van der Waals surface area contributed by atoms with Gasteiger partial charge in [-0.05, 0) is 75.4 Å². The molecule has 2 aromatic rings. The average Bonchev–Trinajstić information content (AvgIpc) is 2.74. The predicted molar refractivity (Wildman–Crippen MR) is 132 cm³/mol. The quantitative estimate of drug-likeness (QED) is 0.347. The lowest BCUT2D eigenvalue weighted by Gasteiger charge is -2.34. The van der Waals surface area contributed by atoms with Crippen LogP contribution in [0.5, 0.6) is 0 Å². The number of nitrogens with one attached hydrogen (secondary N) is 2. The van der Waals surface area contributed by atoms with Crippen LogP contribution in [0, 0.1) is 0 Å². The Bertz CT molecular complexity index is 758. The molecule has 0 aliphatic carbocycles. The number of carbonyl (C=O) groups is 2. The van der Waals surface area contributed by atoms with Crippen LogP contribution in [-0.4, -0.2) is 41.5 Å². The van der Waals surface area contributed by atoms with Gasteiger partial charge >= 0.3 is 0 Å². The summed E-state index contributed by atoms with van der Waals surface area (Å²) in [4.78, 5) is 24.3. The van der Waals surface area contributed by atoms with Crippen molar-refractivity contribution in [2.24, 2.45) is 0 Å². The minimum Gasteiger partial charge on any atom is -0.455 e. The normalized spacial score (nSPS) is 11.7. The number of carbonyl (C=O) groups excluding carboxylic acids is 2. The van der Waals surface area contributed by atoms with Gasteiger partial charge in [0.2, 0.25) is 0 Å². The highest BCUT2D eigenvalue weighted by atomic mass is 28.4. The largest absolute Gasteiger partial charge is 0.455 e. The molecule has 0 aromatic heterocycles. The van der Waals surface area contributed by atoms with Gasteiger partial charge in [-0.2, -0.15) is 0 Å². The molecule has 0 unspecified atom stereocenters. The second-order valence-corrected chi connectivity index (χ2v) is 17.9. The van der Waals surface area contributed by atoms with Crippen LogP contribution in [0.15, 0.2) is 60.7 Å². The SMILES string of the molecule is C[Si](C)(CCCNC(=O)c1ccccc1)O[Si](C)(C)CCCNC(=O)c1ccccc1. The van der Waals surface area contributed by atoms with E-state index in [1.807, 2.05) is 60.7 Å². The third-order valence-corrected chi connectivity index (χ3v) is 12.6. The van der Waals surface area contributed by atoms with E-state index in [1.165, 1.54) is 0 Å². The predicted octanol–water partition coefficient (Wildman–Crippen LogP) is 5.05. The van der Waals surface area contributed by atoms with Crippen molar-refractivity contribution in [3.8, 4) is 0 Å². The van der Waals surface area contributed by atoms with Crippen LogP contribution >= 0.6 is 0 Å². The first-order valence-corrected chi connectivity index (χ1v) is 17.3. The lowest BCUT2D eigenvalue weighted by Crippen LogP contribution is -2.45. The molecular formula is C24H36N2O3Si2. The maximum absolute atomic E-state index is 12.1. The van der Waals surface area contributed by atoms with E-state index in [-0.39, 0.29) is 11.8 Å². The summed E-state index contributed by atoms with van der Waals surface area (Å²) in [5, 5.41) is 6.00. The summed E-state index contributed by atoms with van der Waals surface area (Å²) in [5.74, 6) is -0.0403. The van der Waals surface area contributed by atoms with E-state index in [1.54, 1.807) is 0 Å². The number of rotatable bonds is 12. The number of benzene rings is 2. The van der Waals surface area contributed by atoms with E-state index in [0.717, 1.165) is 24.9 Å². The minimum absolute atomic E-state index is 0.0201. The summed E-state index contributed by atoms with van der Waals surface area (Å²) in [5.41, 5.74) is 1.39. The van der Waals surface area contributed by atoms with Crippen molar-refractivity contribution in [3.05, 3.63) is 71.8 Å². The average molecular weight is 457 g/mol. The van der Waals surface area contributed by atoms with Crippen LogP contribution in [0.1, 0.15) is 33.6 Å². The van der Waals surface area contributed by atoms with E-state index in [4.69, 9.17) is 4.12 Å². The second kappa shape index (κ2) is 12.0. The molecule has 0 saturated carbocycles. The molecule has 0 spiro atoms. The van der Waals surface area contributed by atoms with Gasteiger partial charge in [0.15, 0.2) is 16.6 Å². The van der Waals surface area contributed by atoms with Crippen molar-refractivity contribution in [2.45, 2.75) is 51.1 Å². The molecule has 2 aromatic carbocycles. The fraction of sp³-hybridized carbons (Fsp3) is 0.417. The molecule has 0 bridgehead atoms. The molecule has 0 fully saturated rings. The molecule has 2 amide bonds. The molecule has 7 heteroatoms. The molecule has 0 aliphatic heterocycles. The third-order valence-electron chi connectivity index (χ3n) is 5.11. The highest BCUT2D eigenvalue weighted by molar-refractivity contribution is 6.84. The monoisotopic (exact) mass is 456 g/mol. The summed E-state index contributed by atoms with van der Waals surface area (Å²) in [7, 11) is -3.60. The molecule has 31 heavy (non-hydrogen) atoms. The first-order valence-electron chi connectivity index (χ1n) is 11.1. The Morgan fingerprint density at radius 2 is 1.03 bits per heavy atom. The standard InChI is InChI=1S/C24H36N2O3Si2/c1-30(2,19-11-17-25-23(27)21-13-7-5-8-14-21)29-31(3,4)20-12-18-26-24(28)22-15-9-6-10-16-22/h5-10,13-16H,11-12,17-20H2,1-4H3,(H,25,27)(H,26,28). The Kier molecular flexibility index (Phi) is 9.67. The summed E-state index contributed by atoms with van der Waals surface area (Å²) in [6.45, 7) is 10.4. The fourth-order valence-electron chi connectivity index (χ4n) is 3.67. The van der Waals surface area contributed by atoms with Crippen molar-refractivity contribution in [1.82, 2.24) is 10.6 Å². The van der Waals surface area contributed by atoms with Crippen molar-refractivity contribution in [3.63, 3.8) is 0 Å². The van der Waals surface area contributed by atoms with Gasteiger partial charge in [0, 0.05) is 24.2 Å².